The van der Waals surface area contributed by atoms with E-state index in [1.165, 1.54) is 17.6 Å². The number of allylic oxidation sites excluding steroid dienone is 3. The average Bonchev–Trinajstić information content (AvgIpc) is 2.08. The van der Waals surface area contributed by atoms with Crippen LogP contribution in [0.3, 0.4) is 0 Å². The van der Waals surface area contributed by atoms with Gasteiger partial charge in [-0.3, -0.25) is 0 Å². The fourth-order valence-electron chi connectivity index (χ4n) is 1.37. The summed E-state index contributed by atoms with van der Waals surface area (Å²) in [6, 6.07) is 0. The predicted molar refractivity (Wildman–Crippen MR) is 55.6 cm³/mol. The summed E-state index contributed by atoms with van der Waals surface area (Å²) in [5, 5.41) is 12.3. The van der Waals surface area contributed by atoms with Crippen molar-refractivity contribution >= 4 is 0 Å². The minimum Gasteiger partial charge on any atom is -0.392 e. The SMILES string of the molecule is CC1=CC=C(CNC[C@@H](C)O)CC1. The molecule has 0 radical (unpaired) electrons. The number of aliphatic hydroxyl groups excluding tert-OH is 1. The maximum Gasteiger partial charge on any atom is 0.0636 e. The Morgan fingerprint density at radius 2 is 2.23 bits per heavy atom. The Bertz CT molecular complexity index is 216. The van der Waals surface area contributed by atoms with Gasteiger partial charge in [0.25, 0.3) is 0 Å². The van der Waals surface area contributed by atoms with Gasteiger partial charge < -0.3 is 10.4 Å². The van der Waals surface area contributed by atoms with Gasteiger partial charge in [0.15, 0.2) is 0 Å². The Hall–Kier alpha value is -0.600. The minimum atomic E-state index is -0.249. The van der Waals surface area contributed by atoms with Crippen molar-refractivity contribution in [1.29, 1.82) is 0 Å². The van der Waals surface area contributed by atoms with Gasteiger partial charge in [-0.1, -0.05) is 23.3 Å². The van der Waals surface area contributed by atoms with Crippen molar-refractivity contribution in [2.24, 2.45) is 0 Å². The van der Waals surface area contributed by atoms with Crippen LogP contribution >= 0.6 is 0 Å². The molecule has 0 unspecified atom stereocenters. The summed E-state index contributed by atoms with van der Waals surface area (Å²) in [6.45, 7) is 5.55. The van der Waals surface area contributed by atoms with Gasteiger partial charge in [0.1, 0.15) is 0 Å². The number of aliphatic hydroxyl groups is 1. The van der Waals surface area contributed by atoms with Crippen LogP contribution < -0.4 is 5.32 Å². The molecule has 0 aromatic heterocycles. The summed E-state index contributed by atoms with van der Waals surface area (Å²) < 4.78 is 0. The van der Waals surface area contributed by atoms with Crippen LogP contribution in [0.4, 0.5) is 0 Å². The first-order valence-electron chi connectivity index (χ1n) is 4.92. The second-order valence-electron chi connectivity index (χ2n) is 3.82. The molecule has 0 aliphatic heterocycles. The Labute approximate surface area is 80.3 Å². The normalized spacial score (nSPS) is 19.3. The van der Waals surface area contributed by atoms with Crippen LogP contribution in [0.15, 0.2) is 23.3 Å². The van der Waals surface area contributed by atoms with Gasteiger partial charge in [0, 0.05) is 13.1 Å². The average molecular weight is 181 g/mol. The first-order valence-corrected chi connectivity index (χ1v) is 4.92. The second-order valence-corrected chi connectivity index (χ2v) is 3.82. The third-order valence-electron chi connectivity index (χ3n) is 2.24. The summed E-state index contributed by atoms with van der Waals surface area (Å²) in [6.07, 6.45) is 6.47. The zero-order valence-electron chi connectivity index (χ0n) is 8.51. The van der Waals surface area contributed by atoms with Gasteiger partial charge in [-0.15, -0.1) is 0 Å². The van der Waals surface area contributed by atoms with Crippen molar-refractivity contribution in [3.63, 3.8) is 0 Å². The Balaban J connectivity index is 2.22. The van der Waals surface area contributed by atoms with Crippen LogP contribution in [0.2, 0.25) is 0 Å². The molecule has 0 spiro atoms. The standard InChI is InChI=1S/C11H19NO/c1-9-3-5-11(6-4-9)8-12-7-10(2)13/h3,5,10,12-13H,4,6-8H2,1-2H3/t10-/m1/s1. The minimum absolute atomic E-state index is 0.249. The fourth-order valence-corrected chi connectivity index (χ4v) is 1.37. The number of hydrogen-bond donors (Lipinski definition) is 2. The maximum absolute atomic E-state index is 9.03. The first-order chi connectivity index (χ1) is 6.18. The van der Waals surface area contributed by atoms with E-state index < -0.39 is 0 Å². The van der Waals surface area contributed by atoms with E-state index in [1.807, 2.05) is 0 Å². The predicted octanol–water partition coefficient (Wildman–Crippen LogP) is 1.62. The van der Waals surface area contributed by atoms with Crippen molar-refractivity contribution in [1.82, 2.24) is 5.32 Å². The third-order valence-corrected chi connectivity index (χ3v) is 2.24. The Kier molecular flexibility index (Phi) is 4.19. The fraction of sp³-hybridized carbons (Fsp3) is 0.636. The summed E-state index contributed by atoms with van der Waals surface area (Å²) in [4.78, 5) is 0. The smallest absolute Gasteiger partial charge is 0.0636 e. The monoisotopic (exact) mass is 181 g/mol. The van der Waals surface area contributed by atoms with E-state index in [2.05, 4.69) is 24.4 Å². The highest BCUT2D eigenvalue weighted by Gasteiger charge is 2.03. The number of nitrogens with one attached hydrogen (secondary N) is 1. The van der Waals surface area contributed by atoms with Crippen molar-refractivity contribution in [3.8, 4) is 0 Å². The van der Waals surface area contributed by atoms with Crippen LogP contribution in [0.1, 0.15) is 26.7 Å². The highest BCUT2D eigenvalue weighted by atomic mass is 16.3. The molecule has 0 bridgehead atoms. The third kappa shape index (κ3) is 4.25. The van der Waals surface area contributed by atoms with Crippen LogP contribution in [-0.4, -0.2) is 24.3 Å². The lowest BCUT2D eigenvalue weighted by Gasteiger charge is -2.13. The molecule has 0 saturated carbocycles. The van der Waals surface area contributed by atoms with E-state index in [0.29, 0.717) is 6.54 Å². The highest BCUT2D eigenvalue weighted by molar-refractivity contribution is 5.23. The topological polar surface area (TPSA) is 32.3 Å². The zero-order valence-corrected chi connectivity index (χ0v) is 8.51. The maximum atomic E-state index is 9.03. The largest absolute Gasteiger partial charge is 0.392 e. The summed E-state index contributed by atoms with van der Waals surface area (Å²) >= 11 is 0. The van der Waals surface area contributed by atoms with Gasteiger partial charge >= 0.3 is 0 Å². The van der Waals surface area contributed by atoms with Crippen LogP contribution in [-0.2, 0) is 0 Å². The first kappa shape index (κ1) is 10.5. The molecule has 1 atom stereocenters. The summed E-state index contributed by atoms with van der Waals surface area (Å²) in [5.74, 6) is 0. The second kappa shape index (κ2) is 5.20. The lowest BCUT2D eigenvalue weighted by atomic mass is 9.99. The molecule has 1 aliphatic rings. The van der Waals surface area contributed by atoms with Crippen LogP contribution in [0.5, 0.6) is 0 Å². The van der Waals surface area contributed by atoms with E-state index in [-0.39, 0.29) is 6.10 Å². The van der Waals surface area contributed by atoms with Crippen LogP contribution in [0, 0.1) is 0 Å². The van der Waals surface area contributed by atoms with E-state index >= 15 is 0 Å². The van der Waals surface area contributed by atoms with Crippen molar-refractivity contribution in [3.05, 3.63) is 23.3 Å². The quantitative estimate of drug-likeness (QED) is 0.691. The molecule has 1 aliphatic carbocycles. The molecular formula is C11H19NO. The van der Waals surface area contributed by atoms with Gasteiger partial charge in [-0.2, -0.15) is 0 Å². The van der Waals surface area contributed by atoms with Gasteiger partial charge in [0.2, 0.25) is 0 Å². The lowest BCUT2D eigenvalue weighted by molar-refractivity contribution is 0.192. The number of rotatable bonds is 4. The molecule has 0 saturated heterocycles. The molecule has 0 fully saturated rings. The molecule has 1 rings (SSSR count). The molecule has 74 valence electrons. The molecule has 0 heterocycles. The van der Waals surface area contributed by atoms with Gasteiger partial charge in [-0.05, 0) is 26.7 Å². The molecule has 0 aromatic rings. The van der Waals surface area contributed by atoms with Crippen molar-refractivity contribution in [2.75, 3.05) is 13.1 Å². The van der Waals surface area contributed by atoms with Crippen molar-refractivity contribution < 1.29 is 5.11 Å². The van der Waals surface area contributed by atoms with E-state index in [9.17, 15) is 0 Å². The van der Waals surface area contributed by atoms with Gasteiger partial charge in [0.05, 0.1) is 6.10 Å². The Morgan fingerprint density at radius 1 is 1.46 bits per heavy atom. The molecule has 0 amide bonds. The molecule has 0 aromatic carbocycles. The summed E-state index contributed by atoms with van der Waals surface area (Å²) in [7, 11) is 0. The molecule has 2 N–H and O–H groups in total. The molecule has 2 heteroatoms. The summed E-state index contributed by atoms with van der Waals surface area (Å²) in [5.41, 5.74) is 2.89. The molecule has 2 nitrogen and oxygen atoms in total. The lowest BCUT2D eigenvalue weighted by Crippen LogP contribution is -2.26. The highest BCUT2D eigenvalue weighted by Crippen LogP contribution is 2.16. The van der Waals surface area contributed by atoms with Crippen molar-refractivity contribution in [2.45, 2.75) is 32.8 Å². The van der Waals surface area contributed by atoms with Crippen LogP contribution in [0.25, 0.3) is 0 Å². The van der Waals surface area contributed by atoms with E-state index in [4.69, 9.17) is 5.11 Å². The van der Waals surface area contributed by atoms with E-state index in [0.717, 1.165) is 13.0 Å². The number of hydrogen-bond acceptors (Lipinski definition) is 2. The molecule has 13 heavy (non-hydrogen) atoms. The zero-order chi connectivity index (χ0) is 9.68. The molecular weight excluding hydrogens is 162 g/mol. The van der Waals surface area contributed by atoms with Gasteiger partial charge in [-0.25, -0.2) is 0 Å². The Morgan fingerprint density at radius 3 is 2.77 bits per heavy atom. The van der Waals surface area contributed by atoms with E-state index in [1.54, 1.807) is 6.92 Å².